The van der Waals surface area contributed by atoms with Crippen LogP contribution in [-0.2, 0) is 13.5 Å². The molecule has 0 aliphatic heterocycles. The van der Waals surface area contributed by atoms with Gasteiger partial charge in [-0.05, 0) is 13.5 Å². The van der Waals surface area contributed by atoms with Crippen LogP contribution in [0.3, 0.4) is 0 Å². The van der Waals surface area contributed by atoms with E-state index in [9.17, 15) is 0 Å². The second-order valence-electron chi connectivity index (χ2n) is 4.09. The van der Waals surface area contributed by atoms with Crippen molar-refractivity contribution >= 4 is 11.3 Å². The molecule has 0 aromatic carbocycles. The van der Waals surface area contributed by atoms with E-state index in [1.54, 1.807) is 11.3 Å². The van der Waals surface area contributed by atoms with Gasteiger partial charge in [0.1, 0.15) is 5.82 Å². The molecule has 17 heavy (non-hydrogen) atoms. The third-order valence-electron chi connectivity index (χ3n) is 2.67. The first-order valence-corrected chi connectivity index (χ1v) is 6.70. The van der Waals surface area contributed by atoms with Crippen LogP contribution in [-0.4, -0.2) is 21.1 Å². The van der Waals surface area contributed by atoms with Crippen LogP contribution in [0, 0.1) is 6.92 Å². The minimum atomic E-state index is 0.241. The van der Waals surface area contributed by atoms with Crippen LogP contribution in [0.25, 0.3) is 0 Å². The molecule has 0 aliphatic rings. The molecule has 2 rings (SSSR count). The molecule has 2 heterocycles. The number of aryl methyl sites for hydroxylation is 2. The summed E-state index contributed by atoms with van der Waals surface area (Å²) in [6.07, 6.45) is 4.72. The van der Waals surface area contributed by atoms with Crippen molar-refractivity contribution in [1.82, 2.24) is 19.9 Å². The van der Waals surface area contributed by atoms with Gasteiger partial charge in [-0.2, -0.15) is 0 Å². The third kappa shape index (κ3) is 2.92. The lowest BCUT2D eigenvalue weighted by Gasteiger charge is -2.16. The normalized spacial score (nSPS) is 12.9. The summed E-state index contributed by atoms with van der Waals surface area (Å²) in [5.41, 5.74) is 1.10. The Morgan fingerprint density at radius 2 is 2.35 bits per heavy atom. The second kappa shape index (κ2) is 5.42. The smallest absolute Gasteiger partial charge is 0.126 e. The predicted octanol–water partition coefficient (Wildman–Crippen LogP) is 2.08. The molecule has 0 radical (unpaired) electrons. The number of thiazole rings is 1. The zero-order valence-electron chi connectivity index (χ0n) is 10.5. The molecule has 2 aromatic rings. The highest BCUT2D eigenvalue weighted by Gasteiger charge is 2.16. The molecule has 0 amide bonds. The average Bonchev–Trinajstić information content (AvgIpc) is 2.87. The van der Waals surface area contributed by atoms with Crippen molar-refractivity contribution in [3.8, 4) is 0 Å². The average molecular weight is 250 g/mol. The van der Waals surface area contributed by atoms with Gasteiger partial charge in [-0.25, -0.2) is 9.97 Å². The van der Waals surface area contributed by atoms with Gasteiger partial charge < -0.3 is 9.88 Å². The first-order valence-electron chi connectivity index (χ1n) is 5.82. The number of nitrogens with one attached hydrogen (secondary N) is 1. The fraction of sp³-hybridized carbons (Fsp3) is 0.500. The number of likely N-dealkylation sites (N-methyl/N-ethyl adjacent to an activating group) is 1. The minimum absolute atomic E-state index is 0.241. The highest BCUT2D eigenvalue weighted by atomic mass is 32.1. The molecule has 5 heteroatoms. The van der Waals surface area contributed by atoms with Crippen LogP contribution >= 0.6 is 11.3 Å². The van der Waals surface area contributed by atoms with Gasteiger partial charge in [0.25, 0.3) is 0 Å². The minimum Gasteiger partial charge on any atom is -0.337 e. The first-order chi connectivity index (χ1) is 8.20. The topological polar surface area (TPSA) is 42.7 Å². The molecule has 0 aliphatic carbocycles. The van der Waals surface area contributed by atoms with Crippen LogP contribution in [0.1, 0.15) is 29.5 Å². The Labute approximate surface area is 106 Å². The molecule has 1 N–H and O–H groups in total. The van der Waals surface area contributed by atoms with Crippen LogP contribution < -0.4 is 5.32 Å². The maximum Gasteiger partial charge on any atom is 0.126 e. The van der Waals surface area contributed by atoms with Gasteiger partial charge in [-0.1, -0.05) is 6.92 Å². The summed E-state index contributed by atoms with van der Waals surface area (Å²) in [5, 5.41) is 6.72. The molecule has 4 nitrogen and oxygen atoms in total. The molecule has 2 aromatic heterocycles. The van der Waals surface area contributed by atoms with Crippen molar-refractivity contribution in [2.75, 3.05) is 6.54 Å². The van der Waals surface area contributed by atoms with Crippen molar-refractivity contribution in [3.05, 3.63) is 34.3 Å². The van der Waals surface area contributed by atoms with Gasteiger partial charge in [0.2, 0.25) is 0 Å². The summed E-state index contributed by atoms with van der Waals surface area (Å²) in [6, 6.07) is 0.241. The number of rotatable bonds is 5. The quantitative estimate of drug-likeness (QED) is 0.883. The van der Waals surface area contributed by atoms with Gasteiger partial charge in [0.15, 0.2) is 0 Å². The lowest BCUT2D eigenvalue weighted by atomic mass is 10.2. The number of imidazole rings is 1. The molecular weight excluding hydrogens is 232 g/mol. The molecule has 0 bridgehead atoms. The van der Waals surface area contributed by atoms with E-state index in [4.69, 9.17) is 0 Å². The zero-order valence-corrected chi connectivity index (χ0v) is 11.3. The molecule has 92 valence electrons. The molecule has 0 saturated heterocycles. The summed E-state index contributed by atoms with van der Waals surface area (Å²) in [7, 11) is 2.03. The Balaban J connectivity index is 2.15. The Morgan fingerprint density at radius 3 is 2.88 bits per heavy atom. The van der Waals surface area contributed by atoms with Gasteiger partial charge >= 0.3 is 0 Å². The van der Waals surface area contributed by atoms with Gasteiger partial charge in [0, 0.05) is 36.9 Å². The van der Waals surface area contributed by atoms with Crippen molar-refractivity contribution in [2.24, 2.45) is 7.05 Å². The summed E-state index contributed by atoms with van der Waals surface area (Å²) in [4.78, 5) is 8.93. The second-order valence-corrected chi connectivity index (χ2v) is 5.04. The van der Waals surface area contributed by atoms with E-state index < -0.39 is 0 Å². The molecule has 0 saturated carbocycles. The molecule has 1 unspecified atom stereocenters. The Kier molecular flexibility index (Phi) is 3.91. The first kappa shape index (κ1) is 12.3. The highest BCUT2D eigenvalue weighted by Crippen LogP contribution is 2.19. The summed E-state index contributed by atoms with van der Waals surface area (Å²) >= 11 is 1.72. The van der Waals surface area contributed by atoms with Gasteiger partial charge in [-0.15, -0.1) is 11.3 Å². The fourth-order valence-corrected chi connectivity index (χ4v) is 2.70. The highest BCUT2D eigenvalue weighted by molar-refractivity contribution is 7.09. The van der Waals surface area contributed by atoms with E-state index in [2.05, 4.69) is 32.2 Å². The van der Waals surface area contributed by atoms with Gasteiger partial charge in [-0.3, -0.25) is 0 Å². The SMILES string of the molecule is CCNC(Cc1nc(C)cs1)c1nccn1C. The summed E-state index contributed by atoms with van der Waals surface area (Å²) < 4.78 is 2.06. The molecule has 0 fully saturated rings. The van der Waals surface area contributed by atoms with Crippen molar-refractivity contribution in [1.29, 1.82) is 0 Å². The summed E-state index contributed by atoms with van der Waals surface area (Å²) in [5.74, 6) is 1.07. The van der Waals surface area contributed by atoms with Crippen molar-refractivity contribution in [3.63, 3.8) is 0 Å². The fourth-order valence-electron chi connectivity index (χ4n) is 1.89. The van der Waals surface area contributed by atoms with E-state index in [0.29, 0.717) is 0 Å². The zero-order chi connectivity index (χ0) is 12.3. The predicted molar refractivity (Wildman–Crippen MR) is 70.2 cm³/mol. The van der Waals surface area contributed by atoms with Crippen LogP contribution in [0.15, 0.2) is 17.8 Å². The van der Waals surface area contributed by atoms with E-state index >= 15 is 0 Å². The van der Waals surface area contributed by atoms with Crippen molar-refractivity contribution < 1.29 is 0 Å². The molecule has 1 atom stereocenters. The molecule has 0 spiro atoms. The lowest BCUT2D eigenvalue weighted by molar-refractivity contribution is 0.505. The van der Waals surface area contributed by atoms with Crippen LogP contribution in [0.2, 0.25) is 0 Å². The van der Waals surface area contributed by atoms with E-state index in [0.717, 1.165) is 29.5 Å². The maximum absolute atomic E-state index is 4.51. The Morgan fingerprint density at radius 1 is 1.53 bits per heavy atom. The van der Waals surface area contributed by atoms with E-state index in [1.165, 1.54) is 0 Å². The van der Waals surface area contributed by atoms with Crippen LogP contribution in [0.4, 0.5) is 0 Å². The maximum atomic E-state index is 4.51. The number of hydrogen-bond donors (Lipinski definition) is 1. The number of nitrogens with zero attached hydrogens (tertiary/aromatic N) is 3. The number of aromatic nitrogens is 3. The monoisotopic (exact) mass is 250 g/mol. The van der Waals surface area contributed by atoms with Crippen LogP contribution in [0.5, 0.6) is 0 Å². The third-order valence-corrected chi connectivity index (χ3v) is 3.65. The van der Waals surface area contributed by atoms with Gasteiger partial charge in [0.05, 0.1) is 11.0 Å². The summed E-state index contributed by atoms with van der Waals surface area (Å²) in [6.45, 7) is 5.08. The lowest BCUT2D eigenvalue weighted by Crippen LogP contribution is -2.25. The Bertz CT molecular complexity index is 474. The van der Waals surface area contributed by atoms with E-state index in [1.807, 2.05) is 26.4 Å². The van der Waals surface area contributed by atoms with Crippen molar-refractivity contribution in [2.45, 2.75) is 26.3 Å². The largest absolute Gasteiger partial charge is 0.337 e. The Hall–Kier alpha value is -1.20. The standard InChI is InChI=1S/C12H18N4S/c1-4-13-10(12-14-5-6-16(12)3)7-11-15-9(2)8-17-11/h5-6,8,10,13H,4,7H2,1-3H3. The number of hydrogen-bond acceptors (Lipinski definition) is 4. The van der Waals surface area contributed by atoms with E-state index in [-0.39, 0.29) is 6.04 Å². The molecular formula is C12H18N4S.